The summed E-state index contributed by atoms with van der Waals surface area (Å²) in [5.74, 6) is -1.31. The van der Waals surface area contributed by atoms with E-state index in [1.807, 2.05) is 0 Å². The third-order valence-corrected chi connectivity index (χ3v) is 4.79. The lowest BCUT2D eigenvalue weighted by molar-refractivity contribution is 0.586. The van der Waals surface area contributed by atoms with E-state index < -0.39 is 31.4 Å². The van der Waals surface area contributed by atoms with Crippen molar-refractivity contribution >= 4 is 31.0 Å². The Morgan fingerprint density at radius 3 is 2.50 bits per heavy atom. The van der Waals surface area contributed by atoms with Crippen molar-refractivity contribution in [2.75, 3.05) is 11.5 Å². The number of sulfone groups is 1. The van der Waals surface area contributed by atoms with Gasteiger partial charge in [0.1, 0.15) is 11.8 Å². The summed E-state index contributed by atoms with van der Waals surface area (Å²) in [5, 5.41) is 4.48. The van der Waals surface area contributed by atoms with Gasteiger partial charge in [0.15, 0.2) is 20.5 Å². The number of imidazole rings is 1. The Balaban J connectivity index is 2.44. The van der Waals surface area contributed by atoms with Gasteiger partial charge in [-0.2, -0.15) is 0 Å². The van der Waals surface area contributed by atoms with Crippen molar-refractivity contribution in [3.63, 3.8) is 0 Å². The van der Waals surface area contributed by atoms with Crippen molar-refractivity contribution in [3.05, 3.63) is 12.7 Å². The van der Waals surface area contributed by atoms with Crippen LogP contribution in [0.5, 0.6) is 0 Å². The Bertz CT molecular complexity index is 779. The van der Waals surface area contributed by atoms with Crippen LogP contribution >= 0.6 is 0 Å². The molecule has 0 aliphatic carbocycles. The summed E-state index contributed by atoms with van der Waals surface area (Å²) in [7, 11) is -7.73. The Morgan fingerprint density at radius 1 is 1.11 bits per heavy atom. The van der Waals surface area contributed by atoms with Crippen LogP contribution < -0.4 is 5.14 Å². The molecule has 0 radical (unpaired) electrons. The standard InChI is InChI=1S/C7H9N5O4S2/c8-18(15,16)2-1-17(13,14)7-5-6(10-3-9-5)11-4-12-7/h3-4H,1-2H2,(H2,8,15,16)(H,9,10,11,12). The fraction of sp³-hybridized carbons (Fsp3) is 0.286. The van der Waals surface area contributed by atoms with Crippen molar-refractivity contribution in [3.8, 4) is 0 Å². The molecule has 0 bridgehead atoms. The largest absolute Gasteiger partial charge is 0.341 e. The molecule has 0 amide bonds. The van der Waals surface area contributed by atoms with Gasteiger partial charge >= 0.3 is 0 Å². The predicted octanol–water partition coefficient (Wildman–Crippen LogP) is -1.58. The van der Waals surface area contributed by atoms with Gasteiger partial charge in [0.25, 0.3) is 0 Å². The molecule has 0 aliphatic heterocycles. The molecule has 98 valence electrons. The van der Waals surface area contributed by atoms with Gasteiger partial charge in [0.05, 0.1) is 17.8 Å². The average Bonchev–Trinajstić information content (AvgIpc) is 2.73. The quantitative estimate of drug-likeness (QED) is 0.645. The van der Waals surface area contributed by atoms with Crippen LogP contribution in [0.2, 0.25) is 0 Å². The van der Waals surface area contributed by atoms with E-state index in [1.54, 1.807) is 0 Å². The Hall–Kier alpha value is -1.59. The summed E-state index contributed by atoms with van der Waals surface area (Å²) in [4.78, 5) is 13.8. The van der Waals surface area contributed by atoms with Crippen molar-refractivity contribution < 1.29 is 16.8 Å². The molecule has 18 heavy (non-hydrogen) atoms. The number of hydrogen-bond donors (Lipinski definition) is 2. The minimum atomic E-state index is -3.87. The lowest BCUT2D eigenvalue weighted by atomic mass is 10.6. The van der Waals surface area contributed by atoms with E-state index in [4.69, 9.17) is 5.14 Å². The number of H-pyrrole nitrogens is 1. The van der Waals surface area contributed by atoms with E-state index in [2.05, 4.69) is 19.9 Å². The van der Waals surface area contributed by atoms with Gasteiger partial charge in [0.2, 0.25) is 10.0 Å². The topological polar surface area (TPSA) is 149 Å². The van der Waals surface area contributed by atoms with Crippen molar-refractivity contribution in [2.45, 2.75) is 5.03 Å². The van der Waals surface area contributed by atoms with Crippen LogP contribution in [0.3, 0.4) is 0 Å². The summed E-state index contributed by atoms with van der Waals surface area (Å²) in [6, 6.07) is 0. The highest BCUT2D eigenvalue weighted by Gasteiger charge is 2.23. The normalized spacial score (nSPS) is 12.9. The Labute approximate surface area is 102 Å². The number of nitrogens with two attached hydrogens (primary N) is 1. The zero-order valence-corrected chi connectivity index (χ0v) is 10.6. The maximum absolute atomic E-state index is 11.9. The monoisotopic (exact) mass is 291 g/mol. The molecule has 0 saturated carbocycles. The highest BCUT2D eigenvalue weighted by molar-refractivity contribution is 7.94. The van der Waals surface area contributed by atoms with Gasteiger partial charge < -0.3 is 4.98 Å². The number of aromatic amines is 1. The molecule has 11 heteroatoms. The maximum Gasteiger partial charge on any atom is 0.210 e. The first-order valence-corrected chi connectivity index (χ1v) is 8.04. The molecule has 2 aromatic rings. The summed E-state index contributed by atoms with van der Waals surface area (Å²) < 4.78 is 45.4. The second-order valence-electron chi connectivity index (χ2n) is 3.47. The molecule has 2 heterocycles. The van der Waals surface area contributed by atoms with Gasteiger partial charge in [-0.15, -0.1) is 0 Å². The first-order valence-electron chi connectivity index (χ1n) is 4.67. The number of sulfonamides is 1. The summed E-state index contributed by atoms with van der Waals surface area (Å²) >= 11 is 0. The molecule has 3 N–H and O–H groups in total. The minimum absolute atomic E-state index is 0.145. The zero-order valence-electron chi connectivity index (χ0n) is 8.94. The lowest BCUT2D eigenvalue weighted by Gasteiger charge is -2.02. The number of aromatic nitrogens is 4. The Morgan fingerprint density at radius 2 is 1.83 bits per heavy atom. The second-order valence-corrected chi connectivity index (χ2v) is 7.22. The highest BCUT2D eigenvalue weighted by Crippen LogP contribution is 2.16. The van der Waals surface area contributed by atoms with Crippen LogP contribution in [0.4, 0.5) is 0 Å². The van der Waals surface area contributed by atoms with Crippen LogP contribution in [0, 0.1) is 0 Å². The number of nitrogens with zero attached hydrogens (tertiary/aromatic N) is 3. The molecule has 0 unspecified atom stereocenters. The van der Waals surface area contributed by atoms with Crippen LogP contribution in [-0.4, -0.2) is 48.3 Å². The van der Waals surface area contributed by atoms with E-state index in [-0.39, 0.29) is 16.2 Å². The summed E-state index contributed by atoms with van der Waals surface area (Å²) in [5.41, 5.74) is 0.339. The van der Waals surface area contributed by atoms with Crippen molar-refractivity contribution in [1.29, 1.82) is 0 Å². The molecule has 0 spiro atoms. The summed E-state index contributed by atoms with van der Waals surface area (Å²) in [6.45, 7) is 0. The Kier molecular flexibility index (Phi) is 3.04. The first kappa shape index (κ1) is 12.9. The van der Waals surface area contributed by atoms with Gasteiger partial charge in [-0.05, 0) is 0 Å². The molecule has 0 atom stereocenters. The molecular weight excluding hydrogens is 282 g/mol. The fourth-order valence-electron chi connectivity index (χ4n) is 1.30. The molecule has 0 aromatic carbocycles. The molecule has 0 saturated heterocycles. The second kappa shape index (κ2) is 4.26. The van der Waals surface area contributed by atoms with Crippen molar-refractivity contribution in [1.82, 2.24) is 19.9 Å². The highest BCUT2D eigenvalue weighted by atomic mass is 32.2. The number of fused-ring (bicyclic) bond motifs is 1. The maximum atomic E-state index is 11.9. The molecule has 2 aromatic heterocycles. The molecule has 9 nitrogen and oxygen atoms in total. The van der Waals surface area contributed by atoms with Crippen LogP contribution in [0.1, 0.15) is 0 Å². The van der Waals surface area contributed by atoms with Crippen LogP contribution in [-0.2, 0) is 19.9 Å². The van der Waals surface area contributed by atoms with E-state index >= 15 is 0 Å². The number of nitrogens with one attached hydrogen (secondary N) is 1. The van der Waals surface area contributed by atoms with Crippen LogP contribution in [0.25, 0.3) is 11.2 Å². The smallest absolute Gasteiger partial charge is 0.210 e. The minimum Gasteiger partial charge on any atom is -0.341 e. The van der Waals surface area contributed by atoms with E-state index in [0.29, 0.717) is 0 Å². The number of rotatable bonds is 4. The number of primary sulfonamides is 1. The predicted molar refractivity (Wildman–Crippen MR) is 61.7 cm³/mol. The average molecular weight is 291 g/mol. The lowest BCUT2D eigenvalue weighted by Crippen LogP contribution is -2.23. The van der Waals surface area contributed by atoms with Gasteiger partial charge in [0, 0.05) is 0 Å². The molecule has 0 fully saturated rings. The van der Waals surface area contributed by atoms with Gasteiger partial charge in [-0.3, -0.25) is 0 Å². The fourth-order valence-corrected chi connectivity index (χ4v) is 3.97. The van der Waals surface area contributed by atoms with Gasteiger partial charge in [-0.25, -0.2) is 36.9 Å². The van der Waals surface area contributed by atoms with E-state index in [1.165, 1.54) is 6.33 Å². The summed E-state index contributed by atoms with van der Waals surface area (Å²) in [6.07, 6.45) is 2.32. The molecular formula is C7H9N5O4S2. The first-order chi connectivity index (χ1) is 8.30. The SMILES string of the molecule is NS(=O)(=O)CCS(=O)(=O)c1ncnc2nc[nH]c12. The van der Waals surface area contributed by atoms with Crippen LogP contribution in [0.15, 0.2) is 17.7 Å². The van der Waals surface area contributed by atoms with Gasteiger partial charge in [-0.1, -0.05) is 0 Å². The van der Waals surface area contributed by atoms with E-state index in [0.717, 1.165) is 6.33 Å². The molecule has 2 rings (SSSR count). The third-order valence-electron chi connectivity index (χ3n) is 2.12. The zero-order chi connectivity index (χ0) is 13.4. The third kappa shape index (κ3) is 2.63. The van der Waals surface area contributed by atoms with Crippen molar-refractivity contribution in [2.24, 2.45) is 5.14 Å². The number of hydrogen-bond acceptors (Lipinski definition) is 7. The van der Waals surface area contributed by atoms with E-state index in [9.17, 15) is 16.8 Å². The molecule has 0 aliphatic rings.